The van der Waals surface area contributed by atoms with Crippen molar-refractivity contribution >= 4 is 19.4 Å². The molecule has 0 aliphatic rings. The van der Waals surface area contributed by atoms with Crippen LogP contribution in [0.2, 0.25) is 18.1 Å². The molecule has 0 aromatic carbocycles. The number of hydrogen-bond acceptors (Lipinski definition) is 5. The van der Waals surface area contributed by atoms with E-state index in [0.29, 0.717) is 12.6 Å². The fraction of sp³-hybridized carbons (Fsp3) is 0.692. The van der Waals surface area contributed by atoms with Gasteiger partial charge in [0, 0.05) is 0 Å². The Balaban J connectivity index is 3.30. The molecule has 0 radical (unpaired) electrons. The number of ether oxygens (including phenoxy) is 2. The lowest BCUT2D eigenvalue weighted by Crippen LogP contribution is -2.47. The summed E-state index contributed by atoms with van der Waals surface area (Å²) >= 11 is 0. The number of carbonyl (C=O) groups is 1. The fourth-order valence-electron chi connectivity index (χ4n) is 2.30. The third-order valence-electron chi connectivity index (χ3n) is 3.76. The van der Waals surface area contributed by atoms with Crippen LogP contribution in [0.15, 0.2) is 4.42 Å². The molecule has 0 N–H and O–H groups in total. The van der Waals surface area contributed by atoms with E-state index in [2.05, 4.69) is 30.5 Å². The van der Waals surface area contributed by atoms with Gasteiger partial charge in [0.1, 0.15) is 13.4 Å². The van der Waals surface area contributed by atoms with E-state index in [1.807, 2.05) is 6.92 Å². The van der Waals surface area contributed by atoms with Crippen molar-refractivity contribution in [1.82, 2.24) is 4.98 Å². The van der Waals surface area contributed by atoms with E-state index < -0.39 is 14.0 Å². The molecule has 0 amide bonds. The lowest BCUT2D eigenvalue weighted by Gasteiger charge is -2.25. The van der Waals surface area contributed by atoms with Crippen molar-refractivity contribution < 1.29 is 18.7 Å². The Morgan fingerprint density at radius 1 is 1.21 bits per heavy atom. The largest absolute Gasteiger partial charge is 0.464 e. The molecule has 0 unspecified atom stereocenters. The molecule has 0 atom stereocenters. The Labute approximate surface area is 115 Å². The van der Waals surface area contributed by atoms with E-state index in [1.54, 1.807) is 0 Å². The normalized spacial score (nSPS) is 11.4. The molecule has 0 fully saturated rings. The topological polar surface area (TPSA) is 61.6 Å². The van der Waals surface area contributed by atoms with E-state index in [1.165, 1.54) is 7.11 Å². The molecule has 0 saturated heterocycles. The van der Waals surface area contributed by atoms with Crippen molar-refractivity contribution in [2.75, 3.05) is 13.7 Å². The smallest absolute Gasteiger partial charge is 0.394 e. The Bertz CT molecular complexity index is 418. The minimum Gasteiger partial charge on any atom is -0.464 e. The van der Waals surface area contributed by atoms with Crippen LogP contribution < -0.4 is 10.1 Å². The molecule has 0 aliphatic heterocycles. The van der Waals surface area contributed by atoms with Gasteiger partial charge in [0.2, 0.25) is 0 Å². The van der Waals surface area contributed by atoms with Crippen LogP contribution in [0.1, 0.15) is 38.4 Å². The molecule has 6 heteroatoms. The number of methoxy groups -OCH3 is 1. The summed E-state index contributed by atoms with van der Waals surface area (Å²) < 4.78 is 15.6. The van der Waals surface area contributed by atoms with Crippen molar-refractivity contribution in [3.63, 3.8) is 0 Å². The molecule has 0 bridgehead atoms. The third-order valence-corrected chi connectivity index (χ3v) is 9.15. The summed E-state index contributed by atoms with van der Waals surface area (Å²) in [6.07, 6.45) is 0. The molecular weight excluding hydrogens is 262 g/mol. The molecule has 0 saturated carbocycles. The van der Waals surface area contributed by atoms with E-state index in [0.717, 1.165) is 23.4 Å². The van der Waals surface area contributed by atoms with E-state index in [4.69, 9.17) is 9.15 Å². The molecule has 1 heterocycles. The first kappa shape index (κ1) is 15.8. The second-order valence-corrected chi connectivity index (χ2v) is 9.58. The van der Waals surface area contributed by atoms with Gasteiger partial charge in [0.15, 0.2) is 0 Å². The average Bonchev–Trinajstić information content (AvgIpc) is 2.86. The zero-order valence-corrected chi connectivity index (χ0v) is 13.4. The Hall–Kier alpha value is -1.30. The van der Waals surface area contributed by atoms with Gasteiger partial charge < -0.3 is 13.9 Å². The standard InChI is InChI=1S/C13H23NO4Si/c1-6-17-13-11(19(7-2,8-3)9-4)14-10(18-13)12(15)16-5/h6-9H2,1-5H3. The average molecular weight is 285 g/mol. The quantitative estimate of drug-likeness (QED) is 0.569. The molecule has 19 heavy (non-hydrogen) atoms. The zero-order chi connectivity index (χ0) is 14.5. The number of esters is 1. The zero-order valence-electron chi connectivity index (χ0n) is 12.4. The van der Waals surface area contributed by atoms with Crippen molar-refractivity contribution in [1.29, 1.82) is 0 Å². The summed E-state index contributed by atoms with van der Waals surface area (Å²) in [5.74, 6) is -0.160. The molecule has 1 aromatic heterocycles. The van der Waals surface area contributed by atoms with E-state index in [9.17, 15) is 4.79 Å². The summed E-state index contributed by atoms with van der Waals surface area (Å²) in [6, 6.07) is 3.15. The highest BCUT2D eigenvalue weighted by Crippen LogP contribution is 2.25. The fourth-order valence-corrected chi connectivity index (χ4v) is 5.70. The van der Waals surface area contributed by atoms with Crippen LogP contribution in [0.25, 0.3) is 0 Å². The number of carbonyl (C=O) groups excluding carboxylic acids is 1. The van der Waals surface area contributed by atoms with Gasteiger partial charge in [-0.25, -0.2) is 9.78 Å². The number of rotatable bonds is 7. The maximum Gasteiger partial charge on any atom is 0.394 e. The molecule has 1 aromatic rings. The van der Waals surface area contributed by atoms with Crippen LogP contribution in [0.4, 0.5) is 0 Å². The van der Waals surface area contributed by atoms with Crippen LogP contribution in [-0.4, -0.2) is 32.7 Å². The Morgan fingerprint density at radius 3 is 2.21 bits per heavy atom. The van der Waals surface area contributed by atoms with Gasteiger partial charge in [-0.2, -0.15) is 0 Å². The first-order chi connectivity index (χ1) is 9.08. The highest BCUT2D eigenvalue weighted by molar-refractivity contribution is 6.91. The van der Waals surface area contributed by atoms with Gasteiger partial charge in [-0.15, -0.1) is 0 Å². The van der Waals surface area contributed by atoms with Gasteiger partial charge in [0.25, 0.3) is 0 Å². The first-order valence-corrected chi connectivity index (χ1v) is 9.43. The summed E-state index contributed by atoms with van der Waals surface area (Å²) in [4.78, 5) is 15.9. The van der Waals surface area contributed by atoms with Crippen LogP contribution >= 0.6 is 0 Å². The molecule has 0 spiro atoms. The van der Waals surface area contributed by atoms with Crippen LogP contribution in [0, 0.1) is 0 Å². The lowest BCUT2D eigenvalue weighted by atomic mass is 10.7. The monoisotopic (exact) mass is 285 g/mol. The minimum atomic E-state index is -1.75. The van der Waals surface area contributed by atoms with Gasteiger partial charge in [0.05, 0.1) is 13.7 Å². The number of hydrogen-bond donors (Lipinski definition) is 0. The maximum absolute atomic E-state index is 11.6. The molecule has 5 nitrogen and oxygen atoms in total. The van der Waals surface area contributed by atoms with Crippen LogP contribution in [0.3, 0.4) is 0 Å². The molecular formula is C13H23NO4Si. The Morgan fingerprint density at radius 2 is 1.79 bits per heavy atom. The van der Waals surface area contributed by atoms with E-state index >= 15 is 0 Å². The number of oxazole rings is 1. The van der Waals surface area contributed by atoms with Gasteiger partial charge in [-0.05, 0) is 6.92 Å². The van der Waals surface area contributed by atoms with Gasteiger partial charge in [-0.3, -0.25) is 0 Å². The van der Waals surface area contributed by atoms with Crippen LogP contribution in [0.5, 0.6) is 5.95 Å². The third kappa shape index (κ3) is 3.00. The van der Waals surface area contributed by atoms with Crippen molar-refractivity contribution in [2.24, 2.45) is 0 Å². The number of nitrogens with zero attached hydrogens (tertiary/aromatic N) is 1. The predicted molar refractivity (Wildman–Crippen MR) is 75.8 cm³/mol. The molecule has 0 aliphatic carbocycles. The summed E-state index contributed by atoms with van der Waals surface area (Å²) in [7, 11) is -0.435. The highest BCUT2D eigenvalue weighted by Gasteiger charge is 2.38. The van der Waals surface area contributed by atoms with Gasteiger partial charge in [-0.1, -0.05) is 38.9 Å². The van der Waals surface area contributed by atoms with Crippen molar-refractivity contribution in [3.8, 4) is 5.95 Å². The van der Waals surface area contributed by atoms with E-state index in [-0.39, 0.29) is 5.89 Å². The SMILES string of the molecule is CCOc1oc(C(=O)OC)nc1[Si](CC)(CC)CC. The second-order valence-electron chi connectivity index (χ2n) is 4.42. The minimum absolute atomic E-state index is 0.00632. The van der Waals surface area contributed by atoms with Crippen molar-refractivity contribution in [2.45, 2.75) is 45.8 Å². The summed E-state index contributed by atoms with van der Waals surface area (Å²) in [6.45, 7) is 8.88. The number of aromatic nitrogens is 1. The Kier molecular flexibility index (Phi) is 5.59. The van der Waals surface area contributed by atoms with Gasteiger partial charge >= 0.3 is 17.8 Å². The molecule has 1 rings (SSSR count). The van der Waals surface area contributed by atoms with Crippen LogP contribution in [-0.2, 0) is 4.74 Å². The lowest BCUT2D eigenvalue weighted by molar-refractivity contribution is 0.0548. The maximum atomic E-state index is 11.6. The second kappa shape index (κ2) is 6.74. The predicted octanol–water partition coefficient (Wildman–Crippen LogP) is 2.58. The summed E-state index contributed by atoms with van der Waals surface area (Å²) in [5.41, 5.74) is 0. The summed E-state index contributed by atoms with van der Waals surface area (Å²) in [5, 5.41) is 0.863. The molecule has 108 valence electrons. The first-order valence-electron chi connectivity index (χ1n) is 6.80. The van der Waals surface area contributed by atoms with Crippen molar-refractivity contribution in [3.05, 3.63) is 5.89 Å². The highest BCUT2D eigenvalue weighted by atomic mass is 28.3.